The van der Waals surface area contributed by atoms with Gasteiger partial charge in [0.2, 0.25) is 0 Å². The van der Waals surface area contributed by atoms with Gasteiger partial charge in [-0.2, -0.15) is 11.8 Å². The van der Waals surface area contributed by atoms with E-state index in [1.807, 2.05) is 24.3 Å². The van der Waals surface area contributed by atoms with Gasteiger partial charge < -0.3 is 5.73 Å². The van der Waals surface area contributed by atoms with Crippen LogP contribution in [0.1, 0.15) is 12.0 Å². The maximum Gasteiger partial charge on any atom is 0.0913 e. The number of thioether (sulfide) groups is 1. The van der Waals surface area contributed by atoms with Crippen molar-refractivity contribution in [1.82, 2.24) is 0 Å². The van der Waals surface area contributed by atoms with Crippen molar-refractivity contribution in [3.63, 3.8) is 0 Å². The molecular formula is C10H13ClN2S. The van der Waals surface area contributed by atoms with E-state index in [1.54, 1.807) is 11.8 Å². The number of halogens is 1. The van der Waals surface area contributed by atoms with Crippen LogP contribution in [-0.2, 0) is 5.75 Å². The molecule has 0 aliphatic carbocycles. The van der Waals surface area contributed by atoms with Crippen LogP contribution in [0.3, 0.4) is 0 Å². The van der Waals surface area contributed by atoms with Crippen LogP contribution in [-0.4, -0.2) is 11.6 Å². The largest absolute Gasteiger partial charge is 0.388 e. The predicted molar refractivity (Wildman–Crippen MR) is 64.1 cm³/mol. The molecule has 1 aromatic carbocycles. The Balaban J connectivity index is 2.31. The third-order valence-electron chi connectivity index (χ3n) is 1.73. The molecule has 2 nitrogen and oxygen atoms in total. The molecular weight excluding hydrogens is 216 g/mol. The summed E-state index contributed by atoms with van der Waals surface area (Å²) in [7, 11) is 0. The molecule has 0 saturated carbocycles. The molecule has 0 heterocycles. The Morgan fingerprint density at radius 3 is 2.79 bits per heavy atom. The van der Waals surface area contributed by atoms with Gasteiger partial charge in [-0.3, -0.25) is 5.41 Å². The van der Waals surface area contributed by atoms with Crippen LogP contribution in [0.4, 0.5) is 0 Å². The second-order valence-corrected chi connectivity index (χ2v) is 4.43. The van der Waals surface area contributed by atoms with Gasteiger partial charge in [-0.05, 0) is 11.6 Å². The van der Waals surface area contributed by atoms with Gasteiger partial charge in [0.05, 0.1) is 5.84 Å². The van der Waals surface area contributed by atoms with E-state index in [2.05, 4.69) is 0 Å². The molecule has 0 amide bonds. The Morgan fingerprint density at radius 2 is 2.14 bits per heavy atom. The number of benzene rings is 1. The van der Waals surface area contributed by atoms with Gasteiger partial charge in [-0.25, -0.2) is 0 Å². The lowest BCUT2D eigenvalue weighted by atomic mass is 10.2. The summed E-state index contributed by atoms with van der Waals surface area (Å²) in [5.74, 6) is 2.00. The Bertz CT molecular complexity index is 315. The van der Waals surface area contributed by atoms with Crippen molar-refractivity contribution in [3.05, 3.63) is 34.9 Å². The van der Waals surface area contributed by atoms with Gasteiger partial charge in [0.1, 0.15) is 0 Å². The number of nitrogens with one attached hydrogen (secondary N) is 1. The zero-order valence-corrected chi connectivity index (χ0v) is 9.37. The highest BCUT2D eigenvalue weighted by molar-refractivity contribution is 7.98. The van der Waals surface area contributed by atoms with Gasteiger partial charge in [-0.15, -0.1) is 0 Å². The van der Waals surface area contributed by atoms with Crippen molar-refractivity contribution in [1.29, 1.82) is 5.41 Å². The molecule has 3 N–H and O–H groups in total. The number of amidine groups is 1. The molecule has 0 saturated heterocycles. The molecule has 0 aliphatic heterocycles. The van der Waals surface area contributed by atoms with Gasteiger partial charge >= 0.3 is 0 Å². The Morgan fingerprint density at radius 1 is 1.43 bits per heavy atom. The second kappa shape index (κ2) is 5.94. The summed E-state index contributed by atoms with van der Waals surface area (Å²) in [5.41, 5.74) is 6.39. The third kappa shape index (κ3) is 4.03. The minimum Gasteiger partial charge on any atom is -0.388 e. The lowest BCUT2D eigenvalue weighted by Gasteiger charge is -2.03. The molecule has 14 heavy (non-hydrogen) atoms. The fourth-order valence-corrected chi connectivity index (χ4v) is 2.24. The van der Waals surface area contributed by atoms with Crippen LogP contribution >= 0.6 is 23.4 Å². The average Bonchev–Trinajstić information content (AvgIpc) is 2.15. The predicted octanol–water partition coefficient (Wildman–Crippen LogP) is 2.90. The van der Waals surface area contributed by atoms with E-state index in [4.69, 9.17) is 22.7 Å². The Kier molecular flexibility index (Phi) is 4.84. The highest BCUT2D eigenvalue weighted by atomic mass is 35.5. The van der Waals surface area contributed by atoms with Crippen LogP contribution in [0.15, 0.2) is 24.3 Å². The van der Waals surface area contributed by atoms with Crippen molar-refractivity contribution in [3.8, 4) is 0 Å². The van der Waals surface area contributed by atoms with E-state index < -0.39 is 0 Å². The van der Waals surface area contributed by atoms with Crippen LogP contribution in [0.25, 0.3) is 0 Å². The zero-order valence-electron chi connectivity index (χ0n) is 7.79. The fraction of sp³-hybridized carbons (Fsp3) is 0.300. The summed E-state index contributed by atoms with van der Waals surface area (Å²) in [6.45, 7) is 0. The zero-order chi connectivity index (χ0) is 10.4. The molecule has 1 rings (SSSR count). The number of hydrogen-bond donors (Lipinski definition) is 2. The third-order valence-corrected chi connectivity index (χ3v) is 3.11. The summed E-state index contributed by atoms with van der Waals surface area (Å²) in [5, 5.41) is 7.87. The Hall–Kier alpha value is -0.670. The summed E-state index contributed by atoms with van der Waals surface area (Å²) >= 11 is 7.73. The molecule has 0 aliphatic rings. The van der Waals surface area contributed by atoms with Crippen molar-refractivity contribution in [2.75, 3.05) is 5.75 Å². The fourth-order valence-electron chi connectivity index (χ4n) is 0.980. The first-order valence-corrected chi connectivity index (χ1v) is 5.87. The molecule has 0 radical (unpaired) electrons. The smallest absolute Gasteiger partial charge is 0.0913 e. The van der Waals surface area contributed by atoms with Crippen LogP contribution in [0.5, 0.6) is 0 Å². The van der Waals surface area contributed by atoms with E-state index in [0.29, 0.717) is 6.42 Å². The SMILES string of the molecule is N=C(N)CCSCc1ccccc1Cl. The van der Waals surface area contributed by atoms with Gasteiger partial charge in [0, 0.05) is 22.9 Å². The number of rotatable bonds is 5. The molecule has 0 bridgehead atoms. The minimum absolute atomic E-state index is 0.247. The van der Waals surface area contributed by atoms with Gasteiger partial charge in [0.25, 0.3) is 0 Å². The lowest BCUT2D eigenvalue weighted by Crippen LogP contribution is -2.09. The van der Waals surface area contributed by atoms with E-state index in [0.717, 1.165) is 22.1 Å². The van der Waals surface area contributed by atoms with Crippen molar-refractivity contribution in [2.45, 2.75) is 12.2 Å². The summed E-state index contributed by atoms with van der Waals surface area (Å²) in [6, 6.07) is 7.81. The van der Waals surface area contributed by atoms with Crippen LogP contribution in [0.2, 0.25) is 5.02 Å². The molecule has 0 atom stereocenters. The van der Waals surface area contributed by atoms with E-state index >= 15 is 0 Å². The first kappa shape index (κ1) is 11.4. The summed E-state index contributed by atoms with van der Waals surface area (Å²) < 4.78 is 0. The van der Waals surface area contributed by atoms with E-state index in [-0.39, 0.29) is 5.84 Å². The van der Waals surface area contributed by atoms with Crippen molar-refractivity contribution >= 4 is 29.2 Å². The molecule has 0 unspecified atom stereocenters. The number of nitrogens with two attached hydrogens (primary N) is 1. The highest BCUT2D eigenvalue weighted by Crippen LogP contribution is 2.20. The van der Waals surface area contributed by atoms with Crippen molar-refractivity contribution in [2.24, 2.45) is 5.73 Å². The van der Waals surface area contributed by atoms with Gasteiger partial charge in [-0.1, -0.05) is 29.8 Å². The van der Waals surface area contributed by atoms with Gasteiger partial charge in [0.15, 0.2) is 0 Å². The first-order valence-electron chi connectivity index (χ1n) is 4.34. The second-order valence-electron chi connectivity index (χ2n) is 2.92. The molecule has 0 aromatic heterocycles. The molecule has 4 heteroatoms. The van der Waals surface area contributed by atoms with Crippen LogP contribution < -0.4 is 5.73 Å². The molecule has 76 valence electrons. The lowest BCUT2D eigenvalue weighted by molar-refractivity contribution is 1.22. The monoisotopic (exact) mass is 228 g/mol. The minimum atomic E-state index is 0.247. The molecule has 0 fully saturated rings. The van der Waals surface area contributed by atoms with E-state index in [9.17, 15) is 0 Å². The van der Waals surface area contributed by atoms with E-state index in [1.165, 1.54) is 0 Å². The van der Waals surface area contributed by atoms with Crippen LogP contribution in [0, 0.1) is 5.41 Å². The maximum absolute atomic E-state index is 7.06. The quantitative estimate of drug-likeness (QED) is 0.463. The topological polar surface area (TPSA) is 49.9 Å². The first-order chi connectivity index (χ1) is 6.70. The molecule has 1 aromatic rings. The Labute approximate surface area is 93.3 Å². The average molecular weight is 229 g/mol. The summed E-state index contributed by atoms with van der Waals surface area (Å²) in [6.07, 6.45) is 0.648. The number of hydrogen-bond acceptors (Lipinski definition) is 2. The molecule has 0 spiro atoms. The van der Waals surface area contributed by atoms with Crippen molar-refractivity contribution < 1.29 is 0 Å². The maximum atomic E-state index is 7.06. The normalized spacial score (nSPS) is 10.1. The standard InChI is InChI=1S/C10H13ClN2S/c11-9-4-2-1-3-8(9)7-14-6-5-10(12)13/h1-4H,5-7H2,(H3,12,13). The summed E-state index contributed by atoms with van der Waals surface area (Å²) in [4.78, 5) is 0. The highest BCUT2D eigenvalue weighted by Gasteiger charge is 1.98.